The topological polar surface area (TPSA) is 73.9 Å². The summed E-state index contributed by atoms with van der Waals surface area (Å²) in [5, 5.41) is 10.1. The number of hydrogen-bond donors (Lipinski definition) is 2. The Morgan fingerprint density at radius 2 is 1.86 bits per heavy atom. The third-order valence-corrected chi connectivity index (χ3v) is 4.37. The predicted octanol–water partition coefficient (Wildman–Crippen LogP) is 2.37. The Labute approximate surface area is 132 Å². The van der Waals surface area contributed by atoms with Gasteiger partial charge in [-0.25, -0.2) is 0 Å². The lowest BCUT2D eigenvalue weighted by atomic mass is 9.77. The van der Waals surface area contributed by atoms with Gasteiger partial charge in [0.15, 0.2) is 0 Å². The van der Waals surface area contributed by atoms with Crippen LogP contribution in [-0.4, -0.2) is 37.1 Å². The summed E-state index contributed by atoms with van der Waals surface area (Å²) in [5.41, 5.74) is 6.43. The number of phenolic OH excluding ortho intramolecular Hbond substituents is 1. The Morgan fingerprint density at radius 1 is 1.27 bits per heavy atom. The molecular weight excluding hydrogens is 281 g/mol. The normalized spacial score (nSPS) is 20.3. The number of nitrogens with two attached hydrogens (primary N) is 1. The minimum absolute atomic E-state index is 0.127. The standard InChI is InChI=1S/C16H24BNO4/c1-15(2)16(3,4)22-17(21-15)12(10-18)8-11-6-7-13(20-5)9-14(11)19/h6-9,19H,10,18H2,1-5H3. The van der Waals surface area contributed by atoms with Gasteiger partial charge in [0.05, 0.1) is 18.3 Å². The molecule has 0 unspecified atom stereocenters. The fraction of sp³-hybridized carbons (Fsp3) is 0.500. The molecule has 1 aromatic carbocycles. The van der Waals surface area contributed by atoms with Crippen molar-refractivity contribution in [3.63, 3.8) is 0 Å². The maximum atomic E-state index is 10.1. The highest BCUT2D eigenvalue weighted by Gasteiger charge is 2.52. The highest BCUT2D eigenvalue weighted by Crippen LogP contribution is 2.39. The molecule has 22 heavy (non-hydrogen) atoms. The van der Waals surface area contributed by atoms with Gasteiger partial charge in [-0.1, -0.05) is 6.08 Å². The van der Waals surface area contributed by atoms with Gasteiger partial charge in [0.1, 0.15) is 11.5 Å². The first kappa shape index (κ1) is 16.9. The number of phenols is 1. The number of aromatic hydroxyl groups is 1. The summed E-state index contributed by atoms with van der Waals surface area (Å²) < 4.78 is 17.1. The van der Waals surface area contributed by atoms with E-state index in [1.54, 1.807) is 31.4 Å². The number of benzene rings is 1. The van der Waals surface area contributed by atoms with Crippen LogP contribution in [0.15, 0.2) is 23.7 Å². The highest BCUT2D eigenvalue weighted by molar-refractivity contribution is 6.55. The quantitative estimate of drug-likeness (QED) is 0.835. The second kappa shape index (κ2) is 5.95. The molecule has 6 heteroatoms. The van der Waals surface area contributed by atoms with Crippen molar-refractivity contribution in [3.05, 3.63) is 29.2 Å². The second-order valence-electron chi connectivity index (χ2n) is 6.44. The lowest BCUT2D eigenvalue weighted by molar-refractivity contribution is 0.00578. The monoisotopic (exact) mass is 305 g/mol. The summed E-state index contributed by atoms with van der Waals surface area (Å²) in [5.74, 6) is 0.724. The number of hydrogen-bond acceptors (Lipinski definition) is 5. The SMILES string of the molecule is COc1ccc(C=C(CN)B2OC(C)(C)C(C)(C)O2)c(O)c1. The first-order chi connectivity index (χ1) is 10.2. The Hall–Kier alpha value is -1.50. The second-order valence-corrected chi connectivity index (χ2v) is 6.44. The summed E-state index contributed by atoms with van der Waals surface area (Å²) in [6, 6.07) is 5.11. The van der Waals surface area contributed by atoms with Crippen LogP contribution in [-0.2, 0) is 9.31 Å². The predicted molar refractivity (Wildman–Crippen MR) is 87.8 cm³/mol. The lowest BCUT2D eigenvalue weighted by Gasteiger charge is -2.32. The van der Waals surface area contributed by atoms with E-state index in [0.717, 1.165) is 5.47 Å². The largest absolute Gasteiger partial charge is 0.507 e. The molecule has 0 amide bonds. The van der Waals surface area contributed by atoms with Crippen molar-refractivity contribution in [2.45, 2.75) is 38.9 Å². The molecule has 3 N–H and O–H groups in total. The summed E-state index contributed by atoms with van der Waals surface area (Å²) in [6.07, 6.45) is 1.80. The van der Waals surface area contributed by atoms with Crippen LogP contribution in [0.3, 0.4) is 0 Å². The molecule has 0 saturated carbocycles. The smallest absolute Gasteiger partial charge is 0.491 e. The Morgan fingerprint density at radius 3 is 2.32 bits per heavy atom. The van der Waals surface area contributed by atoms with E-state index in [0.29, 0.717) is 11.3 Å². The van der Waals surface area contributed by atoms with Gasteiger partial charge < -0.3 is 24.9 Å². The van der Waals surface area contributed by atoms with Crippen LogP contribution in [0, 0.1) is 0 Å². The average Bonchev–Trinajstić information content (AvgIpc) is 2.65. The molecular formula is C16H24BNO4. The number of ether oxygens (including phenoxy) is 1. The number of methoxy groups -OCH3 is 1. The lowest BCUT2D eigenvalue weighted by Crippen LogP contribution is -2.41. The van der Waals surface area contributed by atoms with Crippen LogP contribution in [0.25, 0.3) is 6.08 Å². The van der Waals surface area contributed by atoms with E-state index >= 15 is 0 Å². The van der Waals surface area contributed by atoms with E-state index in [1.807, 2.05) is 27.7 Å². The molecule has 0 bridgehead atoms. The average molecular weight is 305 g/mol. The Bertz CT molecular complexity index is 568. The first-order valence-electron chi connectivity index (χ1n) is 7.33. The maximum Gasteiger partial charge on any atom is 0.491 e. The molecule has 5 nitrogen and oxygen atoms in total. The van der Waals surface area contributed by atoms with E-state index < -0.39 is 18.3 Å². The minimum atomic E-state index is -0.517. The molecule has 1 fully saturated rings. The van der Waals surface area contributed by atoms with E-state index in [-0.39, 0.29) is 12.3 Å². The van der Waals surface area contributed by atoms with Crippen molar-refractivity contribution in [2.75, 3.05) is 13.7 Å². The van der Waals surface area contributed by atoms with Crippen molar-refractivity contribution in [1.29, 1.82) is 0 Å². The van der Waals surface area contributed by atoms with Crippen LogP contribution in [0.5, 0.6) is 11.5 Å². The molecule has 0 atom stereocenters. The Balaban J connectivity index is 2.29. The van der Waals surface area contributed by atoms with Gasteiger partial charge in [0.25, 0.3) is 0 Å². The minimum Gasteiger partial charge on any atom is -0.507 e. The fourth-order valence-electron chi connectivity index (χ4n) is 2.19. The molecule has 1 aromatic rings. The fourth-order valence-corrected chi connectivity index (χ4v) is 2.19. The van der Waals surface area contributed by atoms with Crippen LogP contribution in [0.1, 0.15) is 33.3 Å². The van der Waals surface area contributed by atoms with Crippen LogP contribution in [0.2, 0.25) is 0 Å². The van der Waals surface area contributed by atoms with Crippen molar-refractivity contribution in [1.82, 2.24) is 0 Å². The van der Waals surface area contributed by atoms with Crippen molar-refractivity contribution in [3.8, 4) is 11.5 Å². The van der Waals surface area contributed by atoms with Gasteiger partial charge in [-0.05, 0) is 45.3 Å². The molecule has 0 spiro atoms. The van der Waals surface area contributed by atoms with Gasteiger partial charge in [-0.15, -0.1) is 0 Å². The van der Waals surface area contributed by atoms with Gasteiger partial charge in [0.2, 0.25) is 0 Å². The van der Waals surface area contributed by atoms with Crippen LogP contribution in [0.4, 0.5) is 0 Å². The highest BCUT2D eigenvalue weighted by atomic mass is 16.7. The van der Waals surface area contributed by atoms with Crippen LogP contribution >= 0.6 is 0 Å². The van der Waals surface area contributed by atoms with E-state index in [4.69, 9.17) is 19.8 Å². The van der Waals surface area contributed by atoms with Gasteiger partial charge in [-0.2, -0.15) is 0 Å². The van der Waals surface area contributed by atoms with E-state index in [1.165, 1.54) is 0 Å². The molecule has 0 radical (unpaired) electrons. The van der Waals surface area contributed by atoms with Gasteiger partial charge >= 0.3 is 7.12 Å². The Kier molecular flexibility index (Phi) is 4.56. The molecule has 0 aromatic heterocycles. The van der Waals surface area contributed by atoms with E-state index in [9.17, 15) is 5.11 Å². The molecule has 120 valence electrons. The first-order valence-corrected chi connectivity index (χ1v) is 7.33. The molecule has 1 saturated heterocycles. The molecule has 1 aliphatic rings. The van der Waals surface area contributed by atoms with Crippen molar-refractivity contribution < 1.29 is 19.2 Å². The summed E-state index contributed by atoms with van der Waals surface area (Å²) in [7, 11) is 1.04. The molecule has 1 heterocycles. The van der Waals surface area contributed by atoms with Crippen molar-refractivity contribution in [2.24, 2.45) is 5.73 Å². The van der Waals surface area contributed by atoms with Gasteiger partial charge in [0, 0.05) is 18.2 Å². The summed E-state index contributed by atoms with van der Waals surface area (Å²) in [4.78, 5) is 0. The molecule has 2 rings (SSSR count). The summed E-state index contributed by atoms with van der Waals surface area (Å²) >= 11 is 0. The third kappa shape index (κ3) is 3.14. The molecule has 1 aliphatic heterocycles. The molecule has 0 aliphatic carbocycles. The van der Waals surface area contributed by atoms with E-state index in [2.05, 4.69) is 0 Å². The summed E-state index contributed by atoms with van der Waals surface area (Å²) in [6.45, 7) is 8.25. The third-order valence-electron chi connectivity index (χ3n) is 4.37. The number of rotatable bonds is 4. The zero-order chi connectivity index (χ0) is 16.5. The van der Waals surface area contributed by atoms with Crippen molar-refractivity contribution >= 4 is 13.2 Å². The van der Waals surface area contributed by atoms with Crippen LogP contribution < -0.4 is 10.5 Å². The van der Waals surface area contributed by atoms with Gasteiger partial charge in [-0.3, -0.25) is 0 Å². The zero-order valence-electron chi connectivity index (χ0n) is 13.8. The maximum absolute atomic E-state index is 10.1. The zero-order valence-corrected chi connectivity index (χ0v) is 13.8.